The molecule has 0 radical (unpaired) electrons. The van der Waals surface area contributed by atoms with Gasteiger partial charge in [-0.2, -0.15) is 8.42 Å². The average Bonchev–Trinajstić information content (AvgIpc) is 2.33. The van der Waals surface area contributed by atoms with E-state index in [1.54, 1.807) is 14.2 Å². The summed E-state index contributed by atoms with van der Waals surface area (Å²) in [5, 5.41) is 8.70. The molecule has 0 spiro atoms. The fourth-order valence-corrected chi connectivity index (χ4v) is 1.32. The topological polar surface area (TPSA) is 93.1 Å². The second-order valence-electron chi connectivity index (χ2n) is 3.75. The van der Waals surface area contributed by atoms with Gasteiger partial charge in [-0.3, -0.25) is 4.55 Å². The van der Waals surface area contributed by atoms with Gasteiger partial charge in [0.1, 0.15) is 0 Å². The Bertz CT molecular complexity index is 461. The van der Waals surface area contributed by atoms with Crippen molar-refractivity contribution in [2.45, 2.75) is 12.8 Å². The largest absolute Gasteiger partial charge is 0.493 e. The maximum Gasteiger partial charge on any atom is 0.261 e. The van der Waals surface area contributed by atoms with Crippen LogP contribution in [0.25, 0.3) is 0 Å². The first-order chi connectivity index (χ1) is 8.81. The monoisotopic (exact) mass is 292 g/mol. The summed E-state index contributed by atoms with van der Waals surface area (Å²) < 4.78 is 36.2. The van der Waals surface area contributed by atoms with Crippen molar-refractivity contribution in [3.05, 3.63) is 23.8 Å². The van der Waals surface area contributed by atoms with E-state index in [0.29, 0.717) is 6.26 Å². The van der Waals surface area contributed by atoms with Crippen molar-refractivity contribution < 1.29 is 27.6 Å². The zero-order valence-corrected chi connectivity index (χ0v) is 12.1. The normalized spacial score (nSPS) is 10.4. The molecule has 0 bridgehead atoms. The summed E-state index contributed by atoms with van der Waals surface area (Å²) in [4.78, 5) is 0. The van der Waals surface area contributed by atoms with Crippen LogP contribution in [0.5, 0.6) is 11.5 Å². The first-order valence-corrected chi connectivity index (χ1v) is 7.41. The van der Waals surface area contributed by atoms with E-state index in [1.165, 1.54) is 0 Å². The Hall–Kier alpha value is -1.31. The molecule has 2 N–H and O–H groups in total. The molecule has 0 saturated carbocycles. The summed E-state index contributed by atoms with van der Waals surface area (Å²) >= 11 is 0. The van der Waals surface area contributed by atoms with Gasteiger partial charge in [0.2, 0.25) is 0 Å². The van der Waals surface area contributed by atoms with Crippen LogP contribution in [-0.4, -0.2) is 45.2 Å². The van der Waals surface area contributed by atoms with Crippen LogP contribution in [0.2, 0.25) is 0 Å². The predicted octanol–water partition coefficient (Wildman–Crippen LogP) is 1.13. The van der Waals surface area contributed by atoms with Gasteiger partial charge in [0, 0.05) is 6.61 Å². The Morgan fingerprint density at radius 3 is 2.11 bits per heavy atom. The lowest BCUT2D eigenvalue weighted by Crippen LogP contribution is -1.94. The molecule has 0 aliphatic carbocycles. The number of aryl methyl sites for hydroxylation is 1. The number of aliphatic hydroxyl groups is 1. The lowest BCUT2D eigenvalue weighted by molar-refractivity contribution is 0.288. The first kappa shape index (κ1) is 17.7. The van der Waals surface area contributed by atoms with Crippen LogP contribution >= 0.6 is 0 Å². The molecule has 110 valence electrons. The number of methoxy groups -OCH3 is 2. The van der Waals surface area contributed by atoms with E-state index in [4.69, 9.17) is 19.1 Å². The Labute approximate surface area is 113 Å². The zero-order valence-electron chi connectivity index (χ0n) is 11.3. The van der Waals surface area contributed by atoms with Crippen LogP contribution in [-0.2, 0) is 16.5 Å². The molecule has 0 atom stereocenters. The summed E-state index contributed by atoms with van der Waals surface area (Å²) in [6.45, 7) is 0.217. The summed E-state index contributed by atoms with van der Waals surface area (Å²) in [7, 11) is -0.432. The molecule has 19 heavy (non-hydrogen) atoms. The van der Waals surface area contributed by atoms with Crippen molar-refractivity contribution in [2.24, 2.45) is 0 Å². The van der Waals surface area contributed by atoms with Gasteiger partial charge in [0.05, 0.1) is 20.5 Å². The Morgan fingerprint density at radius 2 is 1.68 bits per heavy atom. The molecule has 0 fully saturated rings. The standard InChI is InChI=1S/C11H16O3.CH4O3S/c1-13-10-6-5-9(4-3-7-12)8-11(10)14-2;1-5(2,3)4/h5-6,8,12H,3-4,7H2,1-2H3;1H3,(H,2,3,4). The van der Waals surface area contributed by atoms with Gasteiger partial charge in [0.25, 0.3) is 10.1 Å². The Kier molecular flexibility index (Phi) is 8.13. The van der Waals surface area contributed by atoms with E-state index in [-0.39, 0.29) is 6.61 Å². The number of benzene rings is 1. The third-order valence-corrected chi connectivity index (χ3v) is 2.07. The van der Waals surface area contributed by atoms with Crippen LogP contribution in [0.1, 0.15) is 12.0 Å². The summed E-state index contributed by atoms with van der Waals surface area (Å²) in [5.41, 5.74) is 1.15. The van der Waals surface area contributed by atoms with Crippen LogP contribution in [0.15, 0.2) is 18.2 Å². The fraction of sp³-hybridized carbons (Fsp3) is 0.500. The van der Waals surface area contributed by atoms with E-state index in [1.807, 2.05) is 18.2 Å². The highest BCUT2D eigenvalue weighted by Crippen LogP contribution is 2.27. The third kappa shape index (κ3) is 9.29. The molecule has 0 heterocycles. The van der Waals surface area contributed by atoms with Gasteiger partial charge >= 0.3 is 0 Å². The molecule has 0 unspecified atom stereocenters. The number of ether oxygens (including phenoxy) is 2. The number of hydrogen-bond donors (Lipinski definition) is 2. The highest BCUT2D eigenvalue weighted by atomic mass is 32.2. The molecule has 0 aromatic heterocycles. The SMILES string of the molecule is COc1ccc(CCCO)cc1OC.CS(=O)(=O)O. The quantitative estimate of drug-likeness (QED) is 0.790. The van der Waals surface area contributed by atoms with Crippen molar-refractivity contribution in [3.8, 4) is 11.5 Å². The summed E-state index contributed by atoms with van der Waals surface area (Å²) in [6.07, 6.45) is 2.35. The van der Waals surface area contributed by atoms with Gasteiger partial charge in [-0.25, -0.2) is 0 Å². The second kappa shape index (κ2) is 8.73. The van der Waals surface area contributed by atoms with Gasteiger partial charge < -0.3 is 14.6 Å². The third-order valence-electron chi connectivity index (χ3n) is 2.07. The van der Waals surface area contributed by atoms with E-state index < -0.39 is 10.1 Å². The van der Waals surface area contributed by atoms with Gasteiger partial charge in [0.15, 0.2) is 11.5 Å². The van der Waals surface area contributed by atoms with Crippen LogP contribution in [0.4, 0.5) is 0 Å². The molecule has 0 aliphatic heterocycles. The number of aliphatic hydroxyl groups excluding tert-OH is 1. The predicted molar refractivity (Wildman–Crippen MR) is 72.4 cm³/mol. The van der Waals surface area contributed by atoms with E-state index in [2.05, 4.69) is 0 Å². The maximum atomic E-state index is 9.19. The van der Waals surface area contributed by atoms with Crippen LogP contribution in [0, 0.1) is 0 Å². The van der Waals surface area contributed by atoms with Crippen molar-refractivity contribution in [1.29, 1.82) is 0 Å². The van der Waals surface area contributed by atoms with Gasteiger partial charge in [-0.15, -0.1) is 0 Å². The summed E-state index contributed by atoms with van der Waals surface area (Å²) in [6, 6.07) is 5.80. The average molecular weight is 292 g/mol. The van der Waals surface area contributed by atoms with Gasteiger partial charge in [-0.05, 0) is 30.5 Å². The van der Waals surface area contributed by atoms with Gasteiger partial charge in [-0.1, -0.05) is 6.07 Å². The molecule has 1 aromatic rings. The Morgan fingerprint density at radius 1 is 1.16 bits per heavy atom. The minimum Gasteiger partial charge on any atom is -0.493 e. The van der Waals surface area contributed by atoms with E-state index in [0.717, 1.165) is 29.9 Å². The zero-order chi connectivity index (χ0) is 14.9. The lowest BCUT2D eigenvalue weighted by atomic mass is 10.1. The number of hydrogen-bond acceptors (Lipinski definition) is 5. The molecule has 1 aromatic carbocycles. The first-order valence-electron chi connectivity index (χ1n) is 5.56. The molecule has 0 amide bonds. The molecule has 0 saturated heterocycles. The second-order valence-corrected chi connectivity index (χ2v) is 5.22. The molecule has 0 aliphatic rings. The van der Waals surface area contributed by atoms with Crippen molar-refractivity contribution >= 4 is 10.1 Å². The molecular formula is C12H20O6S. The lowest BCUT2D eigenvalue weighted by Gasteiger charge is -2.08. The molecule has 7 heteroatoms. The molecule has 6 nitrogen and oxygen atoms in total. The van der Waals surface area contributed by atoms with E-state index >= 15 is 0 Å². The minimum absolute atomic E-state index is 0.217. The smallest absolute Gasteiger partial charge is 0.261 e. The fourth-order valence-electron chi connectivity index (χ4n) is 1.32. The van der Waals surface area contributed by atoms with Crippen LogP contribution < -0.4 is 9.47 Å². The highest BCUT2D eigenvalue weighted by molar-refractivity contribution is 7.85. The maximum absolute atomic E-state index is 9.19. The number of rotatable bonds is 5. The highest BCUT2D eigenvalue weighted by Gasteiger charge is 2.03. The van der Waals surface area contributed by atoms with E-state index in [9.17, 15) is 8.42 Å². The minimum atomic E-state index is -3.67. The van der Waals surface area contributed by atoms with Crippen molar-refractivity contribution in [3.63, 3.8) is 0 Å². The molecular weight excluding hydrogens is 272 g/mol. The van der Waals surface area contributed by atoms with Crippen molar-refractivity contribution in [2.75, 3.05) is 27.1 Å². The van der Waals surface area contributed by atoms with Crippen molar-refractivity contribution in [1.82, 2.24) is 0 Å². The summed E-state index contributed by atoms with van der Waals surface area (Å²) in [5.74, 6) is 1.48. The van der Waals surface area contributed by atoms with Crippen LogP contribution in [0.3, 0.4) is 0 Å². The molecule has 1 rings (SSSR count). The Balaban J connectivity index is 0.000000555.